The van der Waals surface area contributed by atoms with E-state index in [0.29, 0.717) is 23.2 Å². The lowest BCUT2D eigenvalue weighted by atomic mass is 10.1. The summed E-state index contributed by atoms with van der Waals surface area (Å²) >= 11 is 0. The average molecular weight is 415 g/mol. The van der Waals surface area contributed by atoms with E-state index >= 15 is 0 Å². The normalized spacial score (nSPS) is 11.4. The number of rotatable bonds is 4. The van der Waals surface area contributed by atoms with Crippen molar-refractivity contribution in [3.8, 4) is 0 Å². The molecular formula is C24H25N5O2. The number of aromatic nitrogens is 3. The molecule has 3 heterocycles. The molecule has 0 atom stereocenters. The first-order valence-electron chi connectivity index (χ1n) is 10.2. The Hall–Kier alpha value is -3.74. The van der Waals surface area contributed by atoms with E-state index in [1.165, 1.54) is 10.5 Å². The molecule has 2 N–H and O–H groups in total. The third-order valence-electron chi connectivity index (χ3n) is 5.26. The minimum atomic E-state index is -0.381. The van der Waals surface area contributed by atoms with Gasteiger partial charge in [0.1, 0.15) is 16.8 Å². The molecule has 0 radical (unpaired) electrons. The average Bonchev–Trinajstić information content (AvgIpc) is 2.72. The Morgan fingerprint density at radius 3 is 2.52 bits per heavy atom. The van der Waals surface area contributed by atoms with Crippen molar-refractivity contribution >= 4 is 22.6 Å². The van der Waals surface area contributed by atoms with Gasteiger partial charge in [-0.2, -0.15) is 0 Å². The van der Waals surface area contributed by atoms with E-state index in [1.54, 1.807) is 16.8 Å². The second-order valence-electron chi connectivity index (χ2n) is 8.15. The summed E-state index contributed by atoms with van der Waals surface area (Å²) in [5.74, 6) is -0.381. The van der Waals surface area contributed by atoms with E-state index < -0.39 is 0 Å². The maximum atomic E-state index is 13.3. The van der Waals surface area contributed by atoms with Gasteiger partial charge >= 0.3 is 0 Å². The molecule has 0 fully saturated rings. The maximum Gasteiger partial charge on any atom is 0.267 e. The number of nitrogens with zero attached hydrogens (tertiary/aromatic N) is 3. The lowest BCUT2D eigenvalue weighted by Crippen LogP contribution is -2.37. The van der Waals surface area contributed by atoms with E-state index in [0.717, 1.165) is 16.7 Å². The van der Waals surface area contributed by atoms with Crippen LogP contribution in [0.5, 0.6) is 0 Å². The van der Waals surface area contributed by atoms with Crippen LogP contribution < -0.4 is 16.4 Å². The number of benzene rings is 1. The number of nitrogens with one attached hydrogen (secondary N) is 2. The number of carbonyl (C=O) groups is 1. The Balaban J connectivity index is 2.06. The number of amides is 1. The molecule has 31 heavy (non-hydrogen) atoms. The molecule has 1 amide bonds. The van der Waals surface area contributed by atoms with Gasteiger partial charge in [0.05, 0.1) is 17.5 Å². The first-order valence-corrected chi connectivity index (χ1v) is 10.2. The standard InChI is InChI=1S/C24H25N5O2/c1-14(2)26-23(30)18-12-19-22(27-21-16(4)6-5-11-28(21)24(19)31)29(20(18)25)13-17-9-7-15(3)8-10-17/h5-12,14,25H,13H2,1-4H3,(H,26,30). The highest BCUT2D eigenvalue weighted by atomic mass is 16.1. The van der Waals surface area contributed by atoms with Crippen molar-refractivity contribution in [3.05, 3.63) is 86.8 Å². The monoisotopic (exact) mass is 415 g/mol. The van der Waals surface area contributed by atoms with Crippen molar-refractivity contribution in [2.75, 3.05) is 0 Å². The fourth-order valence-corrected chi connectivity index (χ4v) is 3.64. The fourth-order valence-electron chi connectivity index (χ4n) is 3.64. The van der Waals surface area contributed by atoms with Crippen LogP contribution in [-0.4, -0.2) is 25.9 Å². The lowest BCUT2D eigenvalue weighted by molar-refractivity contribution is 0.0940. The SMILES string of the molecule is Cc1ccc(Cn2c(=N)c(C(=O)NC(C)C)cc3c(=O)n4cccc(C)c4nc32)cc1. The molecule has 158 valence electrons. The Morgan fingerprint density at radius 2 is 1.84 bits per heavy atom. The molecule has 0 aliphatic carbocycles. The Kier molecular flexibility index (Phi) is 5.19. The smallest absolute Gasteiger partial charge is 0.267 e. The van der Waals surface area contributed by atoms with Gasteiger partial charge in [-0.15, -0.1) is 0 Å². The Morgan fingerprint density at radius 1 is 1.13 bits per heavy atom. The number of hydrogen-bond donors (Lipinski definition) is 2. The van der Waals surface area contributed by atoms with Gasteiger partial charge < -0.3 is 9.88 Å². The number of pyridine rings is 2. The lowest BCUT2D eigenvalue weighted by Gasteiger charge is -2.16. The molecular weight excluding hydrogens is 390 g/mol. The molecule has 0 unspecified atom stereocenters. The molecule has 4 aromatic rings. The molecule has 0 aliphatic heterocycles. The quantitative estimate of drug-likeness (QED) is 0.502. The van der Waals surface area contributed by atoms with Gasteiger partial charge in [-0.05, 0) is 51.0 Å². The second kappa shape index (κ2) is 7.83. The van der Waals surface area contributed by atoms with Gasteiger partial charge in [-0.25, -0.2) is 4.98 Å². The van der Waals surface area contributed by atoms with Gasteiger partial charge in [-0.1, -0.05) is 35.9 Å². The molecule has 0 bridgehead atoms. The van der Waals surface area contributed by atoms with Crippen LogP contribution in [0.3, 0.4) is 0 Å². The highest BCUT2D eigenvalue weighted by molar-refractivity contribution is 5.97. The Labute approximate surface area is 179 Å². The van der Waals surface area contributed by atoms with Crippen LogP contribution in [-0.2, 0) is 6.54 Å². The van der Waals surface area contributed by atoms with Crippen LogP contribution in [0, 0.1) is 19.3 Å². The van der Waals surface area contributed by atoms with E-state index in [9.17, 15) is 9.59 Å². The van der Waals surface area contributed by atoms with Crippen LogP contribution >= 0.6 is 0 Å². The molecule has 1 aromatic carbocycles. The molecule has 0 aliphatic rings. The van der Waals surface area contributed by atoms with Crippen molar-refractivity contribution in [1.82, 2.24) is 19.3 Å². The van der Waals surface area contributed by atoms with Gasteiger partial charge in [0.15, 0.2) is 0 Å². The highest BCUT2D eigenvalue weighted by Gasteiger charge is 2.18. The van der Waals surface area contributed by atoms with E-state index in [2.05, 4.69) is 5.32 Å². The molecule has 0 saturated carbocycles. The van der Waals surface area contributed by atoms with Crippen LogP contribution in [0.1, 0.15) is 40.9 Å². The van der Waals surface area contributed by atoms with E-state index in [-0.39, 0.29) is 28.6 Å². The summed E-state index contributed by atoms with van der Waals surface area (Å²) in [5.41, 5.74) is 3.79. The molecule has 0 spiro atoms. The highest BCUT2D eigenvalue weighted by Crippen LogP contribution is 2.14. The van der Waals surface area contributed by atoms with Crippen molar-refractivity contribution in [3.63, 3.8) is 0 Å². The summed E-state index contributed by atoms with van der Waals surface area (Å²) in [6, 6.07) is 13.0. The van der Waals surface area contributed by atoms with Crippen molar-refractivity contribution < 1.29 is 4.79 Å². The third kappa shape index (κ3) is 3.74. The number of carbonyl (C=O) groups excluding carboxylic acids is 1. The minimum Gasteiger partial charge on any atom is -0.350 e. The molecule has 3 aromatic heterocycles. The predicted octanol–water partition coefficient (Wildman–Crippen LogP) is 2.93. The van der Waals surface area contributed by atoms with Crippen molar-refractivity contribution in [2.24, 2.45) is 0 Å². The minimum absolute atomic E-state index is 0.0241. The van der Waals surface area contributed by atoms with E-state index in [4.69, 9.17) is 10.4 Å². The number of hydrogen-bond acceptors (Lipinski definition) is 4. The molecule has 0 saturated heterocycles. The summed E-state index contributed by atoms with van der Waals surface area (Å²) in [6.45, 7) is 7.94. The summed E-state index contributed by atoms with van der Waals surface area (Å²) in [4.78, 5) is 30.9. The van der Waals surface area contributed by atoms with Gasteiger partial charge in [-0.3, -0.25) is 19.4 Å². The molecule has 7 nitrogen and oxygen atoms in total. The first-order chi connectivity index (χ1) is 14.8. The molecule has 4 rings (SSSR count). The molecule has 7 heteroatoms. The second-order valence-corrected chi connectivity index (χ2v) is 8.15. The summed E-state index contributed by atoms with van der Waals surface area (Å²) in [5, 5.41) is 11.9. The summed E-state index contributed by atoms with van der Waals surface area (Å²) in [6.07, 6.45) is 1.67. The first kappa shape index (κ1) is 20.5. The van der Waals surface area contributed by atoms with Gasteiger partial charge in [0.25, 0.3) is 11.5 Å². The number of aryl methyl sites for hydroxylation is 2. The van der Waals surface area contributed by atoms with Gasteiger partial charge in [0, 0.05) is 12.2 Å². The van der Waals surface area contributed by atoms with Crippen molar-refractivity contribution in [2.45, 2.75) is 40.3 Å². The van der Waals surface area contributed by atoms with Gasteiger partial charge in [0.2, 0.25) is 0 Å². The summed E-state index contributed by atoms with van der Waals surface area (Å²) in [7, 11) is 0. The zero-order valence-corrected chi connectivity index (χ0v) is 18.1. The Bertz CT molecular complexity index is 1430. The van der Waals surface area contributed by atoms with Crippen LogP contribution in [0.4, 0.5) is 0 Å². The summed E-state index contributed by atoms with van der Waals surface area (Å²) < 4.78 is 3.13. The zero-order chi connectivity index (χ0) is 22.3. The van der Waals surface area contributed by atoms with E-state index in [1.807, 2.05) is 58.0 Å². The maximum absolute atomic E-state index is 13.3. The zero-order valence-electron chi connectivity index (χ0n) is 18.1. The largest absolute Gasteiger partial charge is 0.350 e. The van der Waals surface area contributed by atoms with Crippen LogP contribution in [0.25, 0.3) is 16.7 Å². The predicted molar refractivity (Wildman–Crippen MR) is 120 cm³/mol. The third-order valence-corrected chi connectivity index (χ3v) is 5.26. The number of fused-ring (bicyclic) bond motifs is 2. The van der Waals surface area contributed by atoms with Crippen LogP contribution in [0.15, 0.2) is 53.5 Å². The van der Waals surface area contributed by atoms with Crippen LogP contribution in [0.2, 0.25) is 0 Å². The topological polar surface area (TPSA) is 92.2 Å². The fraction of sp³-hybridized carbons (Fsp3) is 0.250. The van der Waals surface area contributed by atoms with Crippen molar-refractivity contribution in [1.29, 1.82) is 5.41 Å².